The number of hydrogen-bond acceptors (Lipinski definition) is 5. The second-order valence-corrected chi connectivity index (χ2v) is 3.68. The molecule has 0 amide bonds. The maximum atomic E-state index is 10.5. The van der Waals surface area contributed by atoms with Crippen molar-refractivity contribution < 1.29 is 13.9 Å². The fourth-order valence-corrected chi connectivity index (χ4v) is 1.46. The lowest BCUT2D eigenvalue weighted by Gasteiger charge is -1.88. The molecule has 90 valence electrons. The number of unbranched alkanes of at least 4 members (excludes halogenated alkanes) is 1. The van der Waals surface area contributed by atoms with Gasteiger partial charge in [-0.05, 0) is 12.5 Å². The second-order valence-electron chi connectivity index (χ2n) is 3.68. The molecule has 2 heterocycles. The largest absolute Gasteiger partial charge is 0.433 e. The molecule has 0 unspecified atom stereocenters. The van der Waals surface area contributed by atoms with Crippen LogP contribution in [0, 0.1) is 10.1 Å². The number of hydrogen-bond donors (Lipinski definition) is 0. The molecule has 2 rings (SSSR count). The molecule has 6 heteroatoms. The van der Waals surface area contributed by atoms with Crippen molar-refractivity contribution in [2.75, 3.05) is 0 Å². The number of furan rings is 1. The standard InChI is InChI=1S/C11H12N2O4/c1-2-3-4-8-7-9(12-17-8)10-5-6-11(16-10)13(14)15/h5-7H,2-4H2,1H3. The molecule has 0 saturated heterocycles. The minimum atomic E-state index is -0.582. The van der Waals surface area contributed by atoms with Crippen molar-refractivity contribution in [3.05, 3.63) is 34.1 Å². The van der Waals surface area contributed by atoms with Crippen LogP contribution < -0.4 is 0 Å². The van der Waals surface area contributed by atoms with Gasteiger partial charge in [0.2, 0.25) is 0 Å². The van der Waals surface area contributed by atoms with Gasteiger partial charge >= 0.3 is 5.88 Å². The SMILES string of the molecule is CCCCc1cc(-c2ccc([N+](=O)[O-])o2)no1. The minimum absolute atomic E-state index is 0.293. The molecule has 0 aliphatic carbocycles. The van der Waals surface area contributed by atoms with Crippen molar-refractivity contribution in [3.8, 4) is 11.5 Å². The van der Waals surface area contributed by atoms with E-state index >= 15 is 0 Å². The zero-order valence-electron chi connectivity index (χ0n) is 9.38. The topological polar surface area (TPSA) is 82.3 Å². The Hall–Kier alpha value is -2.11. The first-order chi connectivity index (χ1) is 8.20. The van der Waals surface area contributed by atoms with E-state index in [1.165, 1.54) is 12.1 Å². The highest BCUT2D eigenvalue weighted by Gasteiger charge is 2.15. The number of nitro groups is 1. The Morgan fingerprint density at radius 2 is 2.29 bits per heavy atom. The highest BCUT2D eigenvalue weighted by atomic mass is 16.6. The molecule has 2 aromatic rings. The highest BCUT2D eigenvalue weighted by molar-refractivity contribution is 5.53. The van der Waals surface area contributed by atoms with E-state index in [2.05, 4.69) is 12.1 Å². The first-order valence-corrected chi connectivity index (χ1v) is 5.41. The number of nitrogens with zero attached hydrogens (tertiary/aromatic N) is 2. The van der Waals surface area contributed by atoms with Gasteiger partial charge in [0.15, 0.2) is 5.76 Å². The van der Waals surface area contributed by atoms with Crippen molar-refractivity contribution >= 4 is 5.88 Å². The molecule has 0 spiro atoms. The van der Waals surface area contributed by atoms with Crippen molar-refractivity contribution in [2.24, 2.45) is 0 Å². The van der Waals surface area contributed by atoms with E-state index in [9.17, 15) is 10.1 Å². The summed E-state index contributed by atoms with van der Waals surface area (Å²) in [5.41, 5.74) is 0.490. The maximum Gasteiger partial charge on any atom is 0.433 e. The lowest BCUT2D eigenvalue weighted by molar-refractivity contribution is -0.401. The summed E-state index contributed by atoms with van der Waals surface area (Å²) in [7, 11) is 0. The predicted molar refractivity (Wildman–Crippen MR) is 59.5 cm³/mol. The Morgan fingerprint density at radius 1 is 1.47 bits per heavy atom. The molecule has 0 aromatic carbocycles. The minimum Gasteiger partial charge on any atom is -0.399 e. The first-order valence-electron chi connectivity index (χ1n) is 5.41. The van der Waals surface area contributed by atoms with Gasteiger partial charge in [-0.3, -0.25) is 10.1 Å². The molecule has 0 saturated carbocycles. The van der Waals surface area contributed by atoms with Gasteiger partial charge in [-0.2, -0.15) is 0 Å². The molecule has 0 atom stereocenters. The lowest BCUT2D eigenvalue weighted by atomic mass is 10.2. The van der Waals surface area contributed by atoms with Crippen LogP contribution in [0.1, 0.15) is 25.5 Å². The van der Waals surface area contributed by atoms with Crippen LogP contribution in [0.3, 0.4) is 0 Å². The zero-order chi connectivity index (χ0) is 12.3. The molecule has 17 heavy (non-hydrogen) atoms. The monoisotopic (exact) mass is 236 g/mol. The van der Waals surface area contributed by atoms with E-state index in [4.69, 9.17) is 8.94 Å². The summed E-state index contributed by atoms with van der Waals surface area (Å²) < 4.78 is 10.1. The zero-order valence-corrected chi connectivity index (χ0v) is 9.38. The normalized spacial score (nSPS) is 10.6. The van der Waals surface area contributed by atoms with Crippen LogP contribution in [0.25, 0.3) is 11.5 Å². The Balaban J connectivity index is 2.15. The predicted octanol–water partition coefficient (Wildman–Crippen LogP) is 3.19. The third-order valence-electron chi connectivity index (χ3n) is 2.36. The van der Waals surface area contributed by atoms with Crippen LogP contribution in [0.4, 0.5) is 5.88 Å². The van der Waals surface area contributed by atoms with Crippen LogP contribution in [0.5, 0.6) is 0 Å². The summed E-state index contributed by atoms with van der Waals surface area (Å²) in [4.78, 5) is 9.88. The van der Waals surface area contributed by atoms with Crippen LogP contribution in [-0.2, 0) is 6.42 Å². The second kappa shape index (κ2) is 4.82. The lowest BCUT2D eigenvalue weighted by Crippen LogP contribution is -1.82. The fraction of sp³-hybridized carbons (Fsp3) is 0.364. The quantitative estimate of drug-likeness (QED) is 0.588. The van der Waals surface area contributed by atoms with Crippen LogP contribution in [-0.4, -0.2) is 10.1 Å². The summed E-state index contributed by atoms with van der Waals surface area (Å²) >= 11 is 0. The van der Waals surface area contributed by atoms with Gasteiger partial charge < -0.3 is 8.94 Å². The van der Waals surface area contributed by atoms with Gasteiger partial charge in [-0.1, -0.05) is 18.5 Å². The molecule has 0 aliphatic rings. The summed E-state index contributed by atoms with van der Waals surface area (Å²) in [5.74, 6) is 0.821. The third-order valence-corrected chi connectivity index (χ3v) is 2.36. The van der Waals surface area contributed by atoms with Crippen LogP contribution in [0.2, 0.25) is 0 Å². The van der Waals surface area contributed by atoms with Gasteiger partial charge in [-0.25, -0.2) is 0 Å². The number of rotatable bonds is 5. The summed E-state index contributed by atoms with van der Waals surface area (Å²) in [6, 6.07) is 4.56. The maximum absolute atomic E-state index is 10.5. The summed E-state index contributed by atoms with van der Waals surface area (Å²) in [6.45, 7) is 2.09. The van der Waals surface area contributed by atoms with Gasteiger partial charge in [0.1, 0.15) is 16.4 Å². The molecule has 0 bridgehead atoms. The summed E-state index contributed by atoms with van der Waals surface area (Å²) in [5, 5.41) is 14.3. The van der Waals surface area contributed by atoms with Crippen molar-refractivity contribution in [3.63, 3.8) is 0 Å². The van der Waals surface area contributed by atoms with E-state index in [-0.39, 0.29) is 5.88 Å². The molecular weight excluding hydrogens is 224 g/mol. The molecule has 6 nitrogen and oxygen atoms in total. The molecule has 0 N–H and O–H groups in total. The molecule has 0 radical (unpaired) electrons. The van der Waals surface area contributed by atoms with Gasteiger partial charge in [0, 0.05) is 12.5 Å². The Morgan fingerprint density at radius 3 is 2.94 bits per heavy atom. The van der Waals surface area contributed by atoms with Gasteiger partial charge in [0.25, 0.3) is 0 Å². The van der Waals surface area contributed by atoms with E-state index in [0.29, 0.717) is 11.5 Å². The van der Waals surface area contributed by atoms with Crippen molar-refractivity contribution in [2.45, 2.75) is 26.2 Å². The smallest absolute Gasteiger partial charge is 0.399 e. The van der Waals surface area contributed by atoms with Crippen LogP contribution in [0.15, 0.2) is 27.1 Å². The van der Waals surface area contributed by atoms with Crippen molar-refractivity contribution in [1.29, 1.82) is 0 Å². The highest BCUT2D eigenvalue weighted by Crippen LogP contribution is 2.25. The average molecular weight is 236 g/mol. The van der Waals surface area contributed by atoms with E-state index in [0.717, 1.165) is 25.0 Å². The summed E-state index contributed by atoms with van der Waals surface area (Å²) in [6.07, 6.45) is 2.90. The molecular formula is C11H12N2O4. The Labute approximate surface area is 97.4 Å². The van der Waals surface area contributed by atoms with Crippen LogP contribution >= 0.6 is 0 Å². The van der Waals surface area contributed by atoms with Crippen molar-refractivity contribution in [1.82, 2.24) is 5.16 Å². The molecule has 0 aliphatic heterocycles. The van der Waals surface area contributed by atoms with E-state index < -0.39 is 4.92 Å². The average Bonchev–Trinajstić information content (AvgIpc) is 2.94. The van der Waals surface area contributed by atoms with Gasteiger partial charge in [-0.15, -0.1) is 0 Å². The third kappa shape index (κ3) is 2.52. The molecule has 2 aromatic heterocycles. The van der Waals surface area contributed by atoms with Gasteiger partial charge in [0.05, 0.1) is 6.07 Å². The Bertz CT molecular complexity index is 515. The number of aryl methyl sites for hydroxylation is 1. The van der Waals surface area contributed by atoms with E-state index in [1.54, 1.807) is 6.07 Å². The fourth-order valence-electron chi connectivity index (χ4n) is 1.46. The van der Waals surface area contributed by atoms with E-state index in [1.807, 2.05) is 0 Å². The Kier molecular flexibility index (Phi) is 3.22. The molecule has 0 fully saturated rings. The first kappa shape index (κ1) is 11.4. The number of aromatic nitrogens is 1.